The van der Waals surface area contributed by atoms with Crippen molar-refractivity contribution in [1.82, 2.24) is 25.0 Å². The van der Waals surface area contributed by atoms with Crippen molar-refractivity contribution in [3.05, 3.63) is 36.0 Å². The van der Waals surface area contributed by atoms with Gasteiger partial charge >= 0.3 is 6.03 Å². The second-order valence-electron chi connectivity index (χ2n) is 8.47. The van der Waals surface area contributed by atoms with Crippen molar-refractivity contribution in [3.63, 3.8) is 0 Å². The first-order chi connectivity index (χ1) is 13.6. The van der Waals surface area contributed by atoms with Gasteiger partial charge < -0.3 is 20.1 Å². The number of urea groups is 1. The van der Waals surface area contributed by atoms with Gasteiger partial charge in [-0.05, 0) is 62.4 Å². The van der Waals surface area contributed by atoms with Gasteiger partial charge in [0, 0.05) is 63.1 Å². The monoisotopic (exact) mass is 383 g/mol. The Kier molecular flexibility index (Phi) is 5.87. The van der Waals surface area contributed by atoms with Crippen LogP contribution < -0.4 is 5.32 Å². The molecule has 1 aliphatic carbocycles. The molecule has 2 fully saturated rings. The van der Waals surface area contributed by atoms with E-state index in [4.69, 9.17) is 0 Å². The van der Waals surface area contributed by atoms with E-state index in [2.05, 4.69) is 58.3 Å². The molecule has 2 aromatic rings. The van der Waals surface area contributed by atoms with Gasteiger partial charge in [-0.3, -0.25) is 4.90 Å². The largest absolute Gasteiger partial charge is 0.361 e. The molecule has 1 aromatic carbocycles. The van der Waals surface area contributed by atoms with Gasteiger partial charge in [-0.2, -0.15) is 0 Å². The number of piperazine rings is 1. The van der Waals surface area contributed by atoms with Crippen molar-refractivity contribution in [3.8, 4) is 0 Å². The van der Waals surface area contributed by atoms with E-state index < -0.39 is 0 Å². The van der Waals surface area contributed by atoms with Crippen LogP contribution in [0.1, 0.15) is 31.7 Å². The van der Waals surface area contributed by atoms with Crippen LogP contribution in [-0.4, -0.2) is 77.6 Å². The fourth-order valence-electron chi connectivity index (χ4n) is 4.09. The Morgan fingerprint density at radius 2 is 2.04 bits per heavy atom. The van der Waals surface area contributed by atoms with Gasteiger partial charge in [-0.1, -0.05) is 6.07 Å². The van der Waals surface area contributed by atoms with E-state index in [1.807, 2.05) is 11.1 Å². The van der Waals surface area contributed by atoms with E-state index in [1.54, 1.807) is 0 Å². The van der Waals surface area contributed by atoms with Crippen LogP contribution >= 0.6 is 0 Å². The summed E-state index contributed by atoms with van der Waals surface area (Å²) in [6, 6.07) is 9.49. The predicted molar refractivity (Wildman–Crippen MR) is 113 cm³/mol. The molecule has 152 valence electrons. The summed E-state index contributed by atoms with van der Waals surface area (Å²) < 4.78 is 0. The van der Waals surface area contributed by atoms with Crippen molar-refractivity contribution in [2.45, 2.75) is 44.8 Å². The smallest absolute Gasteiger partial charge is 0.317 e. The first-order valence-electron chi connectivity index (χ1n) is 10.6. The summed E-state index contributed by atoms with van der Waals surface area (Å²) in [4.78, 5) is 23.0. The van der Waals surface area contributed by atoms with E-state index in [0.29, 0.717) is 18.6 Å². The summed E-state index contributed by atoms with van der Waals surface area (Å²) in [5.74, 6) is 0. The molecule has 2 aliphatic rings. The van der Waals surface area contributed by atoms with Gasteiger partial charge in [0.1, 0.15) is 0 Å². The number of aromatic amines is 1. The zero-order chi connectivity index (χ0) is 19.5. The molecular formula is C22H33N5O. The first-order valence-corrected chi connectivity index (χ1v) is 10.6. The Balaban J connectivity index is 1.28. The van der Waals surface area contributed by atoms with Crippen LogP contribution in [0.15, 0.2) is 30.5 Å². The van der Waals surface area contributed by atoms with Crippen molar-refractivity contribution in [2.24, 2.45) is 0 Å². The van der Waals surface area contributed by atoms with E-state index >= 15 is 0 Å². The highest BCUT2D eigenvalue weighted by Crippen LogP contribution is 2.29. The van der Waals surface area contributed by atoms with Crippen LogP contribution in [0.4, 0.5) is 4.79 Å². The molecule has 0 bridgehead atoms. The minimum atomic E-state index is 0.0854. The molecule has 0 unspecified atom stereocenters. The summed E-state index contributed by atoms with van der Waals surface area (Å²) in [6.45, 7) is 8.23. The molecule has 6 heteroatoms. The third-order valence-electron chi connectivity index (χ3n) is 6.22. The van der Waals surface area contributed by atoms with Crippen LogP contribution in [0.3, 0.4) is 0 Å². The third kappa shape index (κ3) is 4.67. The van der Waals surface area contributed by atoms with E-state index in [1.165, 1.54) is 10.9 Å². The molecule has 28 heavy (non-hydrogen) atoms. The number of nitrogens with one attached hydrogen (secondary N) is 2. The first kappa shape index (κ1) is 19.3. The van der Waals surface area contributed by atoms with E-state index in [-0.39, 0.29) is 6.03 Å². The van der Waals surface area contributed by atoms with Gasteiger partial charge in [-0.25, -0.2) is 4.79 Å². The molecule has 1 aliphatic heterocycles. The van der Waals surface area contributed by atoms with Crippen LogP contribution in [0.5, 0.6) is 0 Å². The Bertz CT molecular complexity index is 791. The number of amides is 2. The number of hydrogen-bond acceptors (Lipinski definition) is 3. The highest BCUT2D eigenvalue weighted by Gasteiger charge is 2.32. The van der Waals surface area contributed by atoms with E-state index in [9.17, 15) is 4.79 Å². The maximum absolute atomic E-state index is 12.8. The Labute approximate surface area is 167 Å². The van der Waals surface area contributed by atoms with Crippen LogP contribution in [-0.2, 0) is 6.54 Å². The number of aromatic nitrogens is 1. The number of nitrogens with zero attached hydrogens (tertiary/aromatic N) is 3. The molecule has 0 radical (unpaired) electrons. The standard InChI is InChI=1S/C22H33N5O/c1-17(26-13-11-25(2)12-14-26)7-9-24-22(28)27(20-4-5-20)16-18-3-6-21-19(15-18)8-10-23-21/h3,6,8,10,15,17,20,23H,4-5,7,9,11-14,16H2,1-2H3,(H,24,28)/t17-/m1/s1. The number of fused-ring (bicyclic) bond motifs is 1. The Morgan fingerprint density at radius 1 is 1.25 bits per heavy atom. The van der Waals surface area contributed by atoms with Gasteiger partial charge in [0.2, 0.25) is 0 Å². The van der Waals surface area contributed by atoms with Crippen LogP contribution in [0, 0.1) is 0 Å². The molecule has 4 rings (SSSR count). The van der Waals surface area contributed by atoms with Crippen molar-refractivity contribution in [2.75, 3.05) is 39.8 Å². The van der Waals surface area contributed by atoms with Gasteiger partial charge in [0.15, 0.2) is 0 Å². The number of rotatable bonds is 7. The lowest BCUT2D eigenvalue weighted by Crippen LogP contribution is -2.49. The molecule has 1 atom stereocenters. The van der Waals surface area contributed by atoms with E-state index in [0.717, 1.165) is 57.5 Å². The lowest BCUT2D eigenvalue weighted by molar-refractivity contribution is 0.114. The SMILES string of the molecule is C[C@H](CCNC(=O)N(Cc1ccc2[nH]ccc2c1)C1CC1)N1CCN(C)CC1. The van der Waals surface area contributed by atoms with Gasteiger partial charge in [0.05, 0.1) is 0 Å². The van der Waals surface area contributed by atoms with Crippen molar-refractivity contribution in [1.29, 1.82) is 0 Å². The maximum Gasteiger partial charge on any atom is 0.317 e. The highest BCUT2D eigenvalue weighted by atomic mass is 16.2. The number of H-pyrrole nitrogens is 1. The quantitative estimate of drug-likeness (QED) is 0.773. The van der Waals surface area contributed by atoms with Gasteiger partial charge in [0.25, 0.3) is 0 Å². The minimum absolute atomic E-state index is 0.0854. The van der Waals surface area contributed by atoms with Crippen LogP contribution in [0.25, 0.3) is 10.9 Å². The predicted octanol–water partition coefficient (Wildman–Crippen LogP) is 2.87. The number of carbonyl (C=O) groups excluding carboxylic acids is 1. The minimum Gasteiger partial charge on any atom is -0.361 e. The average Bonchev–Trinajstić information content (AvgIpc) is 3.43. The molecule has 1 saturated carbocycles. The second-order valence-corrected chi connectivity index (χ2v) is 8.47. The molecule has 2 N–H and O–H groups in total. The number of benzene rings is 1. The lowest BCUT2D eigenvalue weighted by atomic mass is 10.1. The Hall–Kier alpha value is -2.05. The fraction of sp³-hybridized carbons (Fsp3) is 0.591. The summed E-state index contributed by atoms with van der Waals surface area (Å²) >= 11 is 0. The molecule has 6 nitrogen and oxygen atoms in total. The summed E-state index contributed by atoms with van der Waals surface area (Å²) in [5.41, 5.74) is 2.34. The molecule has 1 aromatic heterocycles. The molecule has 0 spiro atoms. The molecular weight excluding hydrogens is 350 g/mol. The molecule has 2 heterocycles. The molecule has 1 saturated heterocycles. The highest BCUT2D eigenvalue weighted by molar-refractivity contribution is 5.80. The van der Waals surface area contributed by atoms with Crippen molar-refractivity contribution < 1.29 is 4.79 Å². The number of carbonyl (C=O) groups is 1. The summed E-state index contributed by atoms with van der Waals surface area (Å²) in [5, 5.41) is 4.38. The topological polar surface area (TPSA) is 54.6 Å². The average molecular weight is 384 g/mol. The lowest BCUT2D eigenvalue weighted by Gasteiger charge is -2.36. The van der Waals surface area contributed by atoms with Crippen molar-refractivity contribution >= 4 is 16.9 Å². The zero-order valence-corrected chi connectivity index (χ0v) is 17.2. The zero-order valence-electron chi connectivity index (χ0n) is 17.2. The molecule has 2 amide bonds. The Morgan fingerprint density at radius 3 is 2.79 bits per heavy atom. The maximum atomic E-state index is 12.8. The van der Waals surface area contributed by atoms with Crippen LogP contribution in [0.2, 0.25) is 0 Å². The number of likely N-dealkylation sites (N-methyl/N-ethyl adjacent to an activating group) is 1. The normalized spacial score (nSPS) is 19.6. The second kappa shape index (κ2) is 8.53. The fourth-order valence-corrected chi connectivity index (χ4v) is 4.09. The van der Waals surface area contributed by atoms with Gasteiger partial charge in [-0.15, -0.1) is 0 Å². The summed E-state index contributed by atoms with van der Waals surface area (Å²) in [7, 11) is 2.18. The third-order valence-corrected chi connectivity index (χ3v) is 6.22. The number of hydrogen-bond donors (Lipinski definition) is 2. The summed E-state index contributed by atoms with van der Waals surface area (Å²) in [6.07, 6.45) is 5.21.